The molecule has 0 atom stereocenters. The molecule has 7 heteroatoms. The maximum Gasteiger partial charge on any atom is 0.337 e. The number of rotatable bonds is 4. The number of fused-ring (bicyclic) bond motifs is 1. The lowest BCUT2D eigenvalue weighted by atomic mass is 10.1. The minimum Gasteiger partial charge on any atom is -0.487 e. The standard InChI is InChI=1S/C18H12BrClO5/c1-23-18(22)10-2-5-15(14(20)6-10)24-9-11-7-17(21)25-16-8-12(19)3-4-13(11)16/h2-8H,9H2,1H3. The number of esters is 1. The molecule has 0 spiro atoms. The summed E-state index contributed by atoms with van der Waals surface area (Å²) in [6, 6.07) is 11.4. The van der Waals surface area contributed by atoms with E-state index in [0.717, 1.165) is 9.86 Å². The zero-order valence-corrected chi connectivity index (χ0v) is 15.4. The molecule has 0 saturated heterocycles. The Morgan fingerprint density at radius 1 is 1.20 bits per heavy atom. The van der Waals surface area contributed by atoms with Crippen LogP contribution < -0.4 is 10.4 Å². The summed E-state index contributed by atoms with van der Waals surface area (Å²) < 4.78 is 16.4. The Kier molecular flexibility index (Phi) is 5.11. The van der Waals surface area contributed by atoms with Gasteiger partial charge in [-0.2, -0.15) is 0 Å². The predicted octanol–water partition coefficient (Wildman–Crippen LogP) is 4.57. The molecule has 2 aromatic carbocycles. The van der Waals surface area contributed by atoms with Gasteiger partial charge in [0.1, 0.15) is 17.9 Å². The molecule has 0 amide bonds. The number of carbonyl (C=O) groups is 1. The lowest BCUT2D eigenvalue weighted by Crippen LogP contribution is -2.05. The molecule has 0 fully saturated rings. The van der Waals surface area contributed by atoms with Gasteiger partial charge in [-0.25, -0.2) is 9.59 Å². The van der Waals surface area contributed by atoms with Crippen LogP contribution in [0.5, 0.6) is 5.75 Å². The summed E-state index contributed by atoms with van der Waals surface area (Å²) in [6.45, 7) is 0.126. The van der Waals surface area contributed by atoms with Gasteiger partial charge in [-0.1, -0.05) is 27.5 Å². The molecule has 3 aromatic rings. The topological polar surface area (TPSA) is 65.7 Å². The van der Waals surface area contributed by atoms with E-state index >= 15 is 0 Å². The van der Waals surface area contributed by atoms with Crippen molar-refractivity contribution in [3.8, 4) is 5.75 Å². The lowest BCUT2D eigenvalue weighted by Gasteiger charge is -2.10. The van der Waals surface area contributed by atoms with Crippen molar-refractivity contribution < 1.29 is 18.7 Å². The zero-order valence-electron chi connectivity index (χ0n) is 13.0. The molecule has 0 aliphatic carbocycles. The molecule has 0 saturated carbocycles. The fourth-order valence-corrected chi connectivity index (χ4v) is 2.92. The number of methoxy groups -OCH3 is 1. The highest BCUT2D eigenvalue weighted by Gasteiger charge is 2.11. The minimum atomic E-state index is -0.481. The summed E-state index contributed by atoms with van der Waals surface area (Å²) in [5, 5.41) is 1.04. The van der Waals surface area contributed by atoms with E-state index in [1.54, 1.807) is 18.2 Å². The van der Waals surface area contributed by atoms with Gasteiger partial charge in [-0.15, -0.1) is 0 Å². The van der Waals surface area contributed by atoms with Crippen molar-refractivity contribution in [2.75, 3.05) is 7.11 Å². The van der Waals surface area contributed by atoms with Gasteiger partial charge in [0.2, 0.25) is 0 Å². The molecule has 0 aliphatic rings. The Morgan fingerprint density at radius 3 is 2.72 bits per heavy atom. The Balaban J connectivity index is 1.88. The molecular formula is C18H12BrClO5. The van der Waals surface area contributed by atoms with E-state index in [2.05, 4.69) is 20.7 Å². The van der Waals surface area contributed by atoms with Crippen molar-refractivity contribution in [1.29, 1.82) is 0 Å². The van der Waals surface area contributed by atoms with Crippen molar-refractivity contribution in [2.45, 2.75) is 6.61 Å². The molecule has 1 aromatic heterocycles. The first kappa shape index (κ1) is 17.5. The van der Waals surface area contributed by atoms with E-state index in [9.17, 15) is 9.59 Å². The largest absolute Gasteiger partial charge is 0.487 e. The molecule has 0 aliphatic heterocycles. The summed E-state index contributed by atoms with van der Waals surface area (Å²) in [6.07, 6.45) is 0. The van der Waals surface area contributed by atoms with Crippen LogP contribution >= 0.6 is 27.5 Å². The van der Waals surface area contributed by atoms with Crippen molar-refractivity contribution in [2.24, 2.45) is 0 Å². The molecule has 0 unspecified atom stereocenters. The average Bonchev–Trinajstić information content (AvgIpc) is 2.59. The fourth-order valence-electron chi connectivity index (χ4n) is 2.34. The van der Waals surface area contributed by atoms with Crippen LogP contribution in [0, 0.1) is 0 Å². The number of hydrogen-bond donors (Lipinski definition) is 0. The molecular weight excluding hydrogens is 412 g/mol. The highest BCUT2D eigenvalue weighted by molar-refractivity contribution is 9.10. The Bertz CT molecular complexity index is 1010. The van der Waals surface area contributed by atoms with Gasteiger partial charge < -0.3 is 13.9 Å². The predicted molar refractivity (Wildman–Crippen MR) is 97.3 cm³/mol. The first-order chi connectivity index (χ1) is 12.0. The summed E-state index contributed by atoms with van der Waals surface area (Å²) in [4.78, 5) is 23.2. The highest BCUT2D eigenvalue weighted by Crippen LogP contribution is 2.28. The first-order valence-corrected chi connectivity index (χ1v) is 8.38. The number of carbonyl (C=O) groups excluding carboxylic acids is 1. The quantitative estimate of drug-likeness (QED) is 0.454. The van der Waals surface area contributed by atoms with Crippen LogP contribution in [-0.4, -0.2) is 13.1 Å². The molecule has 3 rings (SSSR count). The van der Waals surface area contributed by atoms with Gasteiger partial charge in [0.05, 0.1) is 17.7 Å². The van der Waals surface area contributed by atoms with Crippen molar-refractivity contribution >= 4 is 44.5 Å². The van der Waals surface area contributed by atoms with Crippen LogP contribution in [0.4, 0.5) is 0 Å². The van der Waals surface area contributed by atoms with Crippen LogP contribution in [-0.2, 0) is 11.3 Å². The van der Waals surface area contributed by atoms with Crippen LogP contribution in [0.25, 0.3) is 11.0 Å². The van der Waals surface area contributed by atoms with Gasteiger partial charge in [-0.3, -0.25) is 0 Å². The maximum absolute atomic E-state index is 11.7. The second kappa shape index (κ2) is 7.29. The molecule has 25 heavy (non-hydrogen) atoms. The third kappa shape index (κ3) is 3.86. The second-order valence-corrected chi connectivity index (χ2v) is 6.48. The zero-order chi connectivity index (χ0) is 18.0. The van der Waals surface area contributed by atoms with Crippen LogP contribution in [0.3, 0.4) is 0 Å². The summed E-state index contributed by atoms with van der Waals surface area (Å²) in [7, 11) is 1.30. The smallest absolute Gasteiger partial charge is 0.337 e. The summed E-state index contributed by atoms with van der Waals surface area (Å²) in [5.74, 6) is -0.0847. The van der Waals surface area contributed by atoms with E-state index in [1.165, 1.54) is 19.2 Å². The molecule has 5 nitrogen and oxygen atoms in total. The number of halogens is 2. The van der Waals surface area contributed by atoms with Crippen molar-refractivity contribution in [3.63, 3.8) is 0 Å². The Hall–Kier alpha value is -2.31. The van der Waals surface area contributed by atoms with E-state index < -0.39 is 11.6 Å². The monoisotopic (exact) mass is 422 g/mol. The van der Waals surface area contributed by atoms with Gasteiger partial charge >= 0.3 is 11.6 Å². The Morgan fingerprint density at radius 2 is 2.00 bits per heavy atom. The highest BCUT2D eigenvalue weighted by atomic mass is 79.9. The van der Waals surface area contributed by atoms with Crippen molar-refractivity contribution in [1.82, 2.24) is 0 Å². The normalized spacial score (nSPS) is 10.7. The number of ether oxygens (including phenoxy) is 2. The van der Waals surface area contributed by atoms with Gasteiger partial charge in [-0.05, 0) is 36.4 Å². The summed E-state index contributed by atoms with van der Waals surface area (Å²) >= 11 is 9.49. The van der Waals surface area contributed by atoms with E-state index in [4.69, 9.17) is 20.8 Å². The first-order valence-electron chi connectivity index (χ1n) is 7.21. The minimum absolute atomic E-state index is 0.126. The molecule has 1 heterocycles. The van der Waals surface area contributed by atoms with E-state index in [1.807, 2.05) is 12.1 Å². The molecule has 0 N–H and O–H groups in total. The Labute approximate surface area is 156 Å². The third-order valence-corrected chi connectivity index (χ3v) is 4.32. The van der Waals surface area contributed by atoms with Gasteiger partial charge in [0.25, 0.3) is 0 Å². The van der Waals surface area contributed by atoms with E-state index in [0.29, 0.717) is 22.5 Å². The average molecular weight is 424 g/mol. The van der Waals surface area contributed by atoms with Crippen LogP contribution in [0.2, 0.25) is 5.02 Å². The molecule has 0 bridgehead atoms. The number of hydrogen-bond acceptors (Lipinski definition) is 5. The van der Waals surface area contributed by atoms with Crippen LogP contribution in [0.1, 0.15) is 15.9 Å². The van der Waals surface area contributed by atoms with Gasteiger partial charge in [0, 0.05) is 21.5 Å². The molecule has 0 radical (unpaired) electrons. The lowest BCUT2D eigenvalue weighted by molar-refractivity contribution is 0.0600. The second-order valence-electron chi connectivity index (χ2n) is 5.16. The van der Waals surface area contributed by atoms with Crippen LogP contribution in [0.15, 0.2) is 56.1 Å². The van der Waals surface area contributed by atoms with Crippen molar-refractivity contribution in [3.05, 3.63) is 73.5 Å². The van der Waals surface area contributed by atoms with Gasteiger partial charge in [0.15, 0.2) is 0 Å². The van der Waals surface area contributed by atoms with E-state index in [-0.39, 0.29) is 11.6 Å². The fraction of sp³-hybridized carbons (Fsp3) is 0.111. The number of benzene rings is 2. The summed E-state index contributed by atoms with van der Waals surface area (Å²) in [5.41, 5.74) is 1.01. The SMILES string of the molecule is COC(=O)c1ccc(OCc2cc(=O)oc3cc(Br)ccc23)c(Cl)c1. The molecule has 128 valence electrons. The third-order valence-electron chi connectivity index (χ3n) is 3.53. The maximum atomic E-state index is 11.7.